The average molecular weight is 410 g/mol. The van der Waals surface area contributed by atoms with Crippen LogP contribution in [-0.2, 0) is 5.60 Å². The van der Waals surface area contributed by atoms with Gasteiger partial charge in [-0.2, -0.15) is 0 Å². The molecule has 1 aliphatic heterocycles. The molecule has 2 aromatic carbocycles. The number of halogens is 1. The molecule has 0 saturated heterocycles. The van der Waals surface area contributed by atoms with Crippen LogP contribution < -0.4 is 9.20 Å². The second-order valence-electron chi connectivity index (χ2n) is 5.21. The van der Waals surface area contributed by atoms with Crippen LogP contribution in [0.5, 0.6) is 5.75 Å². The number of hydrogen-bond acceptors (Lipinski definition) is 2. The Morgan fingerprint density at radius 3 is 2.76 bits per heavy atom. The first-order chi connectivity index (χ1) is 10.0. The third-order valence-corrected chi connectivity index (χ3v) is 5.79. The van der Waals surface area contributed by atoms with E-state index < -0.39 is 5.60 Å². The van der Waals surface area contributed by atoms with E-state index in [1.807, 2.05) is 43.3 Å². The van der Waals surface area contributed by atoms with Crippen molar-refractivity contribution in [1.82, 2.24) is 0 Å². The predicted molar refractivity (Wildman–Crippen MR) is 88.9 cm³/mol. The molecule has 0 aliphatic carbocycles. The van der Waals surface area contributed by atoms with Crippen LogP contribution in [0, 0.1) is 0 Å². The fourth-order valence-corrected chi connectivity index (χ4v) is 4.18. The number of hydrogen-bond donors (Lipinski definition) is 1. The minimum absolute atomic E-state index is 0.208. The Morgan fingerprint density at radius 1 is 1.24 bits per heavy atom. The zero-order valence-electron chi connectivity index (χ0n) is 11.5. The van der Waals surface area contributed by atoms with E-state index in [0.29, 0.717) is 6.42 Å². The van der Waals surface area contributed by atoms with Crippen molar-refractivity contribution < 1.29 is 9.84 Å². The molecule has 0 fully saturated rings. The van der Waals surface area contributed by atoms with Gasteiger partial charge in [0.15, 0.2) is 0 Å². The van der Waals surface area contributed by atoms with Crippen molar-refractivity contribution in [2.75, 3.05) is 0 Å². The van der Waals surface area contributed by atoms with Crippen molar-refractivity contribution in [2.24, 2.45) is 0 Å². The molecule has 1 aliphatic rings. The summed E-state index contributed by atoms with van der Waals surface area (Å²) in [5.74, 6) is 1.59. The molecule has 0 amide bonds. The Hall–Kier alpha value is -1.06. The Labute approximate surface area is 139 Å². The van der Waals surface area contributed by atoms with Gasteiger partial charge in [0.05, 0.1) is 0 Å². The van der Waals surface area contributed by atoms with Crippen LogP contribution in [0.15, 0.2) is 63.7 Å². The van der Waals surface area contributed by atoms with Crippen molar-refractivity contribution >= 4 is 35.3 Å². The van der Waals surface area contributed by atoms with E-state index in [0.717, 1.165) is 21.5 Å². The molecule has 0 spiro atoms. The van der Waals surface area contributed by atoms with Gasteiger partial charge < -0.3 is 0 Å². The molecule has 2 nitrogen and oxygen atoms in total. The molecule has 1 unspecified atom stereocenters. The van der Waals surface area contributed by atoms with E-state index in [4.69, 9.17) is 4.74 Å². The topological polar surface area (TPSA) is 29.5 Å². The third-order valence-electron chi connectivity index (χ3n) is 3.35. The Balaban J connectivity index is 1.86. The molecule has 108 valence electrons. The summed E-state index contributed by atoms with van der Waals surface area (Å²) in [6.45, 7) is 1.84. The quantitative estimate of drug-likeness (QED) is 0.771. The SMILES string of the molecule is CC1(O)C/C(=C\[Se]c2ccccc2)Oc2ccc(Br)cc21. The normalized spacial score (nSPS) is 22.7. The summed E-state index contributed by atoms with van der Waals surface area (Å²) >= 11 is 3.65. The summed E-state index contributed by atoms with van der Waals surface area (Å²) in [7, 11) is 0. The first-order valence-corrected chi connectivity index (χ1v) is 9.29. The molecule has 3 rings (SSSR count). The van der Waals surface area contributed by atoms with Crippen LogP contribution in [0.25, 0.3) is 0 Å². The van der Waals surface area contributed by atoms with E-state index in [1.165, 1.54) is 4.46 Å². The summed E-state index contributed by atoms with van der Waals surface area (Å²) in [4.78, 5) is 2.11. The Bertz CT molecular complexity index is 680. The van der Waals surface area contributed by atoms with E-state index in [9.17, 15) is 5.11 Å². The van der Waals surface area contributed by atoms with Gasteiger partial charge in [-0.3, -0.25) is 0 Å². The van der Waals surface area contributed by atoms with Crippen LogP contribution in [0.2, 0.25) is 0 Å². The van der Waals surface area contributed by atoms with Gasteiger partial charge in [-0.05, 0) is 0 Å². The molecular formula is C17H15BrO2Se. The number of benzene rings is 2. The summed E-state index contributed by atoms with van der Waals surface area (Å²) in [5.41, 5.74) is -0.0584. The Morgan fingerprint density at radius 2 is 2.00 bits per heavy atom. The van der Waals surface area contributed by atoms with Gasteiger partial charge in [0.1, 0.15) is 0 Å². The van der Waals surface area contributed by atoms with Crippen LogP contribution in [0.1, 0.15) is 18.9 Å². The van der Waals surface area contributed by atoms with Gasteiger partial charge >= 0.3 is 139 Å². The summed E-state index contributed by atoms with van der Waals surface area (Å²) in [6, 6.07) is 16.1. The summed E-state index contributed by atoms with van der Waals surface area (Å²) in [6.07, 6.45) is 0.505. The number of aliphatic hydroxyl groups is 1. The van der Waals surface area contributed by atoms with Crippen molar-refractivity contribution in [2.45, 2.75) is 18.9 Å². The summed E-state index contributed by atoms with van der Waals surface area (Å²) in [5, 5.41) is 10.7. The van der Waals surface area contributed by atoms with Crippen LogP contribution in [0.4, 0.5) is 0 Å². The van der Waals surface area contributed by atoms with E-state index >= 15 is 0 Å². The molecule has 0 bridgehead atoms. The van der Waals surface area contributed by atoms with Gasteiger partial charge in [-0.25, -0.2) is 0 Å². The maximum atomic E-state index is 10.7. The molecule has 1 atom stereocenters. The number of rotatable bonds is 2. The standard InChI is InChI=1S/C17H15BrO2Se/c1-17(19)10-13(11-21-14-5-3-2-4-6-14)20-16-8-7-12(18)9-15(16)17/h2-9,11,19H,10H2,1H3/b13-11+. The third kappa shape index (κ3) is 3.41. The molecule has 21 heavy (non-hydrogen) atoms. The fraction of sp³-hybridized carbons (Fsp3) is 0.176. The maximum absolute atomic E-state index is 10.7. The van der Waals surface area contributed by atoms with Crippen LogP contribution in [-0.4, -0.2) is 20.1 Å². The second-order valence-corrected chi connectivity index (χ2v) is 8.10. The zero-order valence-corrected chi connectivity index (χ0v) is 14.8. The van der Waals surface area contributed by atoms with Crippen molar-refractivity contribution in [1.29, 1.82) is 0 Å². The minimum atomic E-state index is -0.893. The van der Waals surface area contributed by atoms with Gasteiger partial charge in [0, 0.05) is 0 Å². The van der Waals surface area contributed by atoms with Crippen LogP contribution >= 0.6 is 15.9 Å². The number of fused-ring (bicyclic) bond motifs is 1. The molecular weight excluding hydrogens is 395 g/mol. The monoisotopic (exact) mass is 410 g/mol. The van der Waals surface area contributed by atoms with Crippen LogP contribution in [0.3, 0.4) is 0 Å². The summed E-state index contributed by atoms with van der Waals surface area (Å²) < 4.78 is 8.18. The molecule has 0 aromatic heterocycles. The molecule has 0 saturated carbocycles. The van der Waals surface area contributed by atoms with Crippen molar-refractivity contribution in [3.63, 3.8) is 0 Å². The van der Waals surface area contributed by atoms with Gasteiger partial charge in [0.2, 0.25) is 0 Å². The molecule has 1 N–H and O–H groups in total. The molecule has 2 aromatic rings. The van der Waals surface area contributed by atoms with Gasteiger partial charge in [0.25, 0.3) is 0 Å². The Kier molecular flexibility index (Phi) is 4.23. The zero-order chi connectivity index (χ0) is 14.9. The van der Waals surface area contributed by atoms with Gasteiger partial charge in [-0.15, -0.1) is 0 Å². The van der Waals surface area contributed by atoms with E-state index in [-0.39, 0.29) is 15.0 Å². The van der Waals surface area contributed by atoms with Gasteiger partial charge in [-0.1, -0.05) is 0 Å². The van der Waals surface area contributed by atoms with E-state index in [2.05, 4.69) is 33.0 Å². The molecule has 1 heterocycles. The van der Waals surface area contributed by atoms with E-state index in [1.54, 1.807) is 0 Å². The predicted octanol–water partition coefficient (Wildman–Crippen LogP) is 3.31. The number of ether oxygens (including phenoxy) is 1. The average Bonchev–Trinajstić information content (AvgIpc) is 2.47. The van der Waals surface area contributed by atoms with Crippen molar-refractivity contribution in [3.05, 3.63) is 69.3 Å². The second kappa shape index (κ2) is 5.97. The fourth-order valence-electron chi connectivity index (χ4n) is 2.32. The molecule has 0 radical (unpaired) electrons. The molecule has 4 heteroatoms. The first-order valence-electron chi connectivity index (χ1n) is 6.66. The first kappa shape index (κ1) is 14.9. The van der Waals surface area contributed by atoms with Crippen molar-refractivity contribution in [3.8, 4) is 5.75 Å².